The Morgan fingerprint density at radius 2 is 2.20 bits per heavy atom. The van der Waals surface area contributed by atoms with Crippen LogP contribution in [0.15, 0.2) is 41.5 Å². The van der Waals surface area contributed by atoms with Gasteiger partial charge in [-0.25, -0.2) is 5.43 Å². The summed E-state index contributed by atoms with van der Waals surface area (Å²) in [5.74, 6) is 1.92. The van der Waals surface area contributed by atoms with Crippen LogP contribution in [0.2, 0.25) is 0 Å². The third kappa shape index (κ3) is 2.59. The van der Waals surface area contributed by atoms with Crippen LogP contribution in [-0.2, 0) is 11.2 Å². The first-order valence-electron chi connectivity index (χ1n) is 6.91. The molecule has 0 spiro atoms. The molecule has 0 aromatic heterocycles. The number of rotatable bonds is 4. The zero-order chi connectivity index (χ0) is 13.9. The lowest BCUT2D eigenvalue weighted by Gasteiger charge is -2.31. The van der Waals surface area contributed by atoms with Gasteiger partial charge in [-0.2, -0.15) is 5.10 Å². The zero-order valence-electron chi connectivity index (χ0n) is 11.5. The van der Waals surface area contributed by atoms with Crippen LogP contribution in [0.3, 0.4) is 0 Å². The molecule has 104 valence electrons. The number of hydrogen-bond acceptors (Lipinski definition) is 3. The van der Waals surface area contributed by atoms with Crippen LogP contribution in [0, 0.1) is 11.8 Å². The van der Waals surface area contributed by atoms with Crippen molar-refractivity contribution < 1.29 is 9.53 Å². The van der Waals surface area contributed by atoms with Crippen molar-refractivity contribution in [2.24, 2.45) is 16.9 Å². The van der Waals surface area contributed by atoms with Crippen molar-refractivity contribution in [2.45, 2.75) is 19.3 Å². The van der Waals surface area contributed by atoms with Gasteiger partial charge in [0.1, 0.15) is 5.75 Å². The smallest absolute Gasteiger partial charge is 0.244 e. The van der Waals surface area contributed by atoms with E-state index in [4.69, 9.17) is 4.74 Å². The summed E-state index contributed by atoms with van der Waals surface area (Å²) in [5.41, 5.74) is 4.75. The highest BCUT2D eigenvalue weighted by molar-refractivity contribution is 5.95. The van der Waals surface area contributed by atoms with Crippen LogP contribution in [0.4, 0.5) is 0 Å². The summed E-state index contributed by atoms with van der Waals surface area (Å²) in [6.07, 6.45) is 6.86. The molecule has 2 aliphatic carbocycles. The first-order chi connectivity index (χ1) is 9.76. The van der Waals surface area contributed by atoms with Crippen molar-refractivity contribution in [3.8, 4) is 5.75 Å². The number of allylic oxidation sites excluding steroid dienone is 2. The van der Waals surface area contributed by atoms with E-state index < -0.39 is 0 Å². The van der Waals surface area contributed by atoms with Crippen molar-refractivity contribution in [1.29, 1.82) is 0 Å². The molecule has 1 fully saturated rings. The molecular weight excluding hydrogens is 252 g/mol. The molecule has 20 heavy (non-hydrogen) atoms. The highest BCUT2D eigenvalue weighted by Crippen LogP contribution is 2.39. The fraction of sp³-hybridized carbons (Fsp3) is 0.375. The molecule has 0 aliphatic heterocycles. The number of fused-ring (bicyclic) bond motifs is 1. The Labute approximate surface area is 118 Å². The Morgan fingerprint density at radius 3 is 2.90 bits per heavy atom. The lowest BCUT2D eigenvalue weighted by atomic mass is 9.74. The van der Waals surface area contributed by atoms with Gasteiger partial charge in [0, 0.05) is 11.6 Å². The van der Waals surface area contributed by atoms with Gasteiger partial charge >= 0.3 is 0 Å². The average molecular weight is 270 g/mol. The molecule has 4 nitrogen and oxygen atoms in total. The number of carbonyl (C=O) groups excluding carboxylic acids is 1. The van der Waals surface area contributed by atoms with Crippen molar-refractivity contribution in [2.75, 3.05) is 7.11 Å². The van der Waals surface area contributed by atoms with Gasteiger partial charge in [0.2, 0.25) is 5.91 Å². The molecule has 0 heterocycles. The molecule has 1 amide bonds. The van der Waals surface area contributed by atoms with E-state index in [9.17, 15) is 4.79 Å². The van der Waals surface area contributed by atoms with E-state index in [2.05, 4.69) is 22.7 Å². The molecule has 1 N–H and O–H groups in total. The molecule has 0 saturated heterocycles. The summed E-state index contributed by atoms with van der Waals surface area (Å²) < 4.78 is 5.09. The predicted molar refractivity (Wildman–Crippen MR) is 77.6 cm³/mol. The average Bonchev–Trinajstić information content (AvgIpc) is 2.81. The molecule has 1 aromatic rings. The first kappa shape index (κ1) is 12.9. The monoisotopic (exact) mass is 270 g/mol. The van der Waals surface area contributed by atoms with Crippen LogP contribution in [-0.4, -0.2) is 18.7 Å². The maximum Gasteiger partial charge on any atom is 0.244 e. The number of nitrogens with one attached hydrogen (secondary N) is 1. The molecule has 2 unspecified atom stereocenters. The third-order valence-electron chi connectivity index (χ3n) is 4.01. The number of benzene rings is 1. The maximum atomic E-state index is 11.8. The Morgan fingerprint density at radius 1 is 1.40 bits per heavy atom. The van der Waals surface area contributed by atoms with Gasteiger partial charge in [0.25, 0.3) is 0 Å². The van der Waals surface area contributed by atoms with E-state index >= 15 is 0 Å². The minimum absolute atomic E-state index is 0.0722. The molecule has 0 bridgehead atoms. The summed E-state index contributed by atoms with van der Waals surface area (Å²) in [6, 6.07) is 7.50. The normalized spacial score (nSPS) is 25.1. The largest absolute Gasteiger partial charge is 0.497 e. The number of hydrogen-bond donors (Lipinski definition) is 1. The van der Waals surface area contributed by atoms with Crippen LogP contribution in [0.5, 0.6) is 5.75 Å². The second-order valence-corrected chi connectivity index (χ2v) is 5.30. The van der Waals surface area contributed by atoms with Gasteiger partial charge in [0.15, 0.2) is 0 Å². The highest BCUT2D eigenvalue weighted by atomic mass is 16.5. The number of amides is 1. The summed E-state index contributed by atoms with van der Waals surface area (Å²) in [6.45, 7) is 0. The van der Waals surface area contributed by atoms with Crippen LogP contribution in [0.25, 0.3) is 0 Å². The van der Waals surface area contributed by atoms with Crippen molar-refractivity contribution >= 4 is 11.6 Å². The summed E-state index contributed by atoms with van der Waals surface area (Å²) in [4.78, 5) is 11.8. The van der Waals surface area contributed by atoms with E-state index in [-0.39, 0.29) is 5.91 Å². The van der Waals surface area contributed by atoms with Gasteiger partial charge in [-0.1, -0.05) is 24.3 Å². The number of nitrogens with zero attached hydrogens (tertiary/aromatic N) is 1. The first-order valence-corrected chi connectivity index (χ1v) is 6.91. The fourth-order valence-electron chi connectivity index (χ4n) is 2.77. The van der Waals surface area contributed by atoms with E-state index in [1.54, 1.807) is 7.11 Å². The van der Waals surface area contributed by atoms with Crippen LogP contribution in [0.1, 0.15) is 18.4 Å². The number of carbonyl (C=O) groups is 1. The van der Waals surface area contributed by atoms with E-state index in [1.165, 1.54) is 0 Å². The molecular formula is C16H18N2O2. The van der Waals surface area contributed by atoms with Gasteiger partial charge in [-0.3, -0.25) is 4.79 Å². The molecule has 4 heteroatoms. The summed E-state index contributed by atoms with van der Waals surface area (Å²) in [5, 5.41) is 4.25. The molecule has 2 atom stereocenters. The fourth-order valence-corrected chi connectivity index (χ4v) is 2.77. The van der Waals surface area contributed by atoms with Crippen molar-refractivity contribution in [3.63, 3.8) is 0 Å². The topological polar surface area (TPSA) is 50.7 Å². The molecule has 3 rings (SSSR count). The Hall–Kier alpha value is -2.10. The number of methoxy groups -OCH3 is 1. The number of ether oxygens (including phenoxy) is 1. The quantitative estimate of drug-likeness (QED) is 0.674. The van der Waals surface area contributed by atoms with Crippen LogP contribution < -0.4 is 10.2 Å². The van der Waals surface area contributed by atoms with Crippen LogP contribution >= 0.6 is 0 Å². The summed E-state index contributed by atoms with van der Waals surface area (Å²) >= 11 is 0. The summed E-state index contributed by atoms with van der Waals surface area (Å²) in [7, 11) is 1.63. The van der Waals surface area contributed by atoms with Crippen molar-refractivity contribution in [3.05, 3.63) is 42.0 Å². The van der Waals surface area contributed by atoms with E-state index in [1.807, 2.05) is 24.3 Å². The van der Waals surface area contributed by atoms with E-state index in [0.717, 1.165) is 29.9 Å². The second kappa shape index (κ2) is 5.49. The van der Waals surface area contributed by atoms with Gasteiger partial charge in [-0.05, 0) is 36.5 Å². The van der Waals surface area contributed by atoms with Gasteiger partial charge in [-0.15, -0.1) is 0 Å². The lowest BCUT2D eigenvalue weighted by molar-refractivity contribution is -0.120. The lowest BCUT2D eigenvalue weighted by Crippen LogP contribution is -2.35. The second-order valence-electron chi connectivity index (χ2n) is 5.30. The Balaban J connectivity index is 1.51. The highest BCUT2D eigenvalue weighted by Gasteiger charge is 2.37. The molecule has 2 aliphatic rings. The minimum atomic E-state index is -0.0722. The number of hydrazone groups is 1. The molecule has 0 radical (unpaired) electrons. The molecule has 1 aromatic carbocycles. The predicted octanol–water partition coefficient (Wildman–Crippen LogP) is 2.31. The standard InChI is InChI=1S/C16H18N2O2/c1-20-13-7-5-11(6-8-13)9-16(19)18-17-15-10-12-3-2-4-14(12)15/h2-3,5-8,12,14H,4,9-10H2,1H3,(H,18,19). The van der Waals surface area contributed by atoms with Gasteiger partial charge in [0.05, 0.1) is 13.5 Å². The third-order valence-corrected chi connectivity index (χ3v) is 4.01. The van der Waals surface area contributed by atoms with Gasteiger partial charge < -0.3 is 4.74 Å². The molecule has 1 saturated carbocycles. The maximum absolute atomic E-state index is 11.8. The Kier molecular flexibility index (Phi) is 3.54. The SMILES string of the molecule is COc1ccc(CC(=O)NN=C2CC3C=CCC23)cc1. The minimum Gasteiger partial charge on any atom is -0.497 e. The zero-order valence-corrected chi connectivity index (χ0v) is 11.5. The van der Waals surface area contributed by atoms with E-state index in [0.29, 0.717) is 18.3 Å². The van der Waals surface area contributed by atoms with Crippen molar-refractivity contribution in [1.82, 2.24) is 5.43 Å². The Bertz CT molecular complexity index is 560.